The fourth-order valence-electron chi connectivity index (χ4n) is 2.27. The minimum absolute atomic E-state index is 0.129. The fraction of sp³-hybridized carbons (Fsp3) is 0.467. The molecule has 0 aromatic heterocycles. The van der Waals surface area contributed by atoms with Gasteiger partial charge in [-0.2, -0.15) is 0 Å². The van der Waals surface area contributed by atoms with Gasteiger partial charge in [0, 0.05) is 25.1 Å². The summed E-state index contributed by atoms with van der Waals surface area (Å²) in [5.74, 6) is -0.755. The van der Waals surface area contributed by atoms with Crippen molar-refractivity contribution in [2.45, 2.75) is 20.3 Å². The fourth-order valence-corrected chi connectivity index (χ4v) is 2.27. The van der Waals surface area contributed by atoms with Gasteiger partial charge in [0.25, 0.3) is 5.91 Å². The van der Waals surface area contributed by atoms with Gasteiger partial charge in [-0.05, 0) is 30.7 Å². The molecule has 108 valence electrons. The number of hydrogen-bond donors (Lipinski definition) is 1. The predicted octanol–water partition coefficient (Wildman–Crippen LogP) is 1.80. The highest BCUT2D eigenvalue weighted by atomic mass is 16.5. The van der Waals surface area contributed by atoms with Crippen LogP contribution < -0.4 is 4.74 Å². The van der Waals surface area contributed by atoms with Crippen LogP contribution in [0.25, 0.3) is 0 Å². The number of carboxylic acids is 1. The Morgan fingerprint density at radius 1 is 1.45 bits per heavy atom. The van der Waals surface area contributed by atoms with Gasteiger partial charge in [-0.3, -0.25) is 9.59 Å². The standard InChI is InChI=1S/C15H19NO4/c1-3-16(9-10(2)15(18)19)14(17)12-4-5-13-11(8-12)6-7-20-13/h4-5,8,10H,3,6-7,9H2,1-2H3,(H,18,19). The Kier molecular flexibility index (Phi) is 4.27. The number of hydrogen-bond acceptors (Lipinski definition) is 3. The van der Waals surface area contributed by atoms with Crippen LogP contribution in [0.15, 0.2) is 18.2 Å². The highest BCUT2D eigenvalue weighted by Crippen LogP contribution is 2.26. The van der Waals surface area contributed by atoms with Gasteiger partial charge in [-0.1, -0.05) is 6.92 Å². The molecule has 1 atom stereocenters. The molecule has 1 unspecified atom stereocenters. The third kappa shape index (κ3) is 2.92. The van der Waals surface area contributed by atoms with Crippen molar-refractivity contribution < 1.29 is 19.4 Å². The van der Waals surface area contributed by atoms with Crippen LogP contribution in [0.3, 0.4) is 0 Å². The highest BCUT2D eigenvalue weighted by molar-refractivity contribution is 5.95. The number of carbonyl (C=O) groups is 2. The summed E-state index contributed by atoms with van der Waals surface area (Å²) >= 11 is 0. The first-order chi connectivity index (χ1) is 9.52. The molecule has 1 aromatic rings. The molecular formula is C15H19NO4. The number of ether oxygens (including phenoxy) is 1. The molecule has 1 heterocycles. The van der Waals surface area contributed by atoms with E-state index in [1.54, 1.807) is 17.9 Å². The van der Waals surface area contributed by atoms with Crippen LogP contribution >= 0.6 is 0 Å². The van der Waals surface area contributed by atoms with Crippen molar-refractivity contribution in [3.05, 3.63) is 29.3 Å². The summed E-state index contributed by atoms with van der Waals surface area (Å²) in [6.07, 6.45) is 0.814. The first-order valence-corrected chi connectivity index (χ1v) is 6.80. The number of carboxylic acid groups (broad SMARTS) is 1. The van der Waals surface area contributed by atoms with Crippen LogP contribution in [0, 0.1) is 5.92 Å². The van der Waals surface area contributed by atoms with Crippen LogP contribution in [0.4, 0.5) is 0 Å². The normalized spacial score (nSPS) is 14.3. The predicted molar refractivity (Wildman–Crippen MR) is 74.0 cm³/mol. The lowest BCUT2D eigenvalue weighted by Crippen LogP contribution is -2.36. The van der Waals surface area contributed by atoms with E-state index in [4.69, 9.17) is 9.84 Å². The van der Waals surface area contributed by atoms with Gasteiger partial charge in [0.05, 0.1) is 12.5 Å². The van der Waals surface area contributed by atoms with Crippen molar-refractivity contribution >= 4 is 11.9 Å². The molecule has 20 heavy (non-hydrogen) atoms. The van der Waals surface area contributed by atoms with Crippen molar-refractivity contribution in [2.24, 2.45) is 5.92 Å². The lowest BCUT2D eigenvalue weighted by atomic mass is 10.1. The first kappa shape index (κ1) is 14.4. The summed E-state index contributed by atoms with van der Waals surface area (Å²) in [4.78, 5) is 24.9. The van der Waals surface area contributed by atoms with E-state index in [1.165, 1.54) is 0 Å². The molecule has 1 aliphatic heterocycles. The summed E-state index contributed by atoms with van der Waals surface area (Å²) < 4.78 is 5.41. The first-order valence-electron chi connectivity index (χ1n) is 6.80. The maximum Gasteiger partial charge on any atom is 0.308 e. The van der Waals surface area contributed by atoms with Crippen LogP contribution in [-0.4, -0.2) is 41.6 Å². The molecular weight excluding hydrogens is 258 g/mol. The van der Waals surface area contributed by atoms with Gasteiger partial charge in [-0.15, -0.1) is 0 Å². The smallest absolute Gasteiger partial charge is 0.308 e. The molecule has 5 nitrogen and oxygen atoms in total. The van der Waals surface area contributed by atoms with Crippen molar-refractivity contribution in [1.29, 1.82) is 0 Å². The zero-order valence-electron chi connectivity index (χ0n) is 11.8. The number of aliphatic carboxylic acids is 1. The molecule has 1 aliphatic rings. The van der Waals surface area contributed by atoms with Crippen molar-refractivity contribution in [3.8, 4) is 5.75 Å². The minimum atomic E-state index is -0.890. The summed E-state index contributed by atoms with van der Waals surface area (Å²) in [5.41, 5.74) is 1.63. The SMILES string of the molecule is CCN(CC(C)C(=O)O)C(=O)c1ccc2c(c1)CCO2. The van der Waals surface area contributed by atoms with Gasteiger partial charge >= 0.3 is 5.97 Å². The lowest BCUT2D eigenvalue weighted by Gasteiger charge is -2.23. The monoisotopic (exact) mass is 277 g/mol. The molecule has 0 fully saturated rings. The Morgan fingerprint density at radius 3 is 2.85 bits per heavy atom. The summed E-state index contributed by atoms with van der Waals surface area (Å²) in [6, 6.07) is 5.39. The quantitative estimate of drug-likeness (QED) is 0.891. The Balaban J connectivity index is 2.14. The molecule has 2 rings (SSSR count). The van der Waals surface area contributed by atoms with E-state index in [2.05, 4.69) is 0 Å². The molecule has 0 spiro atoms. The third-order valence-electron chi connectivity index (χ3n) is 3.52. The molecule has 0 saturated heterocycles. The Bertz CT molecular complexity index is 527. The lowest BCUT2D eigenvalue weighted by molar-refractivity contribution is -0.141. The van der Waals surface area contributed by atoms with Crippen molar-refractivity contribution in [3.63, 3.8) is 0 Å². The average molecular weight is 277 g/mol. The van der Waals surface area contributed by atoms with E-state index in [9.17, 15) is 9.59 Å². The van der Waals surface area contributed by atoms with E-state index in [0.717, 1.165) is 17.7 Å². The molecule has 0 radical (unpaired) electrons. The molecule has 1 N–H and O–H groups in total. The van der Waals surface area contributed by atoms with Crippen LogP contribution in [0.1, 0.15) is 29.8 Å². The Labute approximate surface area is 118 Å². The van der Waals surface area contributed by atoms with Gasteiger partial charge in [-0.25, -0.2) is 0 Å². The van der Waals surface area contributed by atoms with Gasteiger partial charge in [0.1, 0.15) is 5.75 Å². The maximum atomic E-state index is 12.4. The average Bonchev–Trinajstić information content (AvgIpc) is 2.90. The van der Waals surface area contributed by atoms with Crippen molar-refractivity contribution in [1.82, 2.24) is 4.90 Å². The number of fused-ring (bicyclic) bond motifs is 1. The van der Waals surface area contributed by atoms with Crippen LogP contribution in [0.5, 0.6) is 5.75 Å². The number of amides is 1. The maximum absolute atomic E-state index is 12.4. The van der Waals surface area contributed by atoms with Crippen molar-refractivity contribution in [2.75, 3.05) is 19.7 Å². The van der Waals surface area contributed by atoms with E-state index < -0.39 is 11.9 Å². The number of carbonyl (C=O) groups excluding carboxylic acids is 1. The molecule has 1 amide bonds. The number of nitrogens with zero attached hydrogens (tertiary/aromatic N) is 1. The number of benzene rings is 1. The molecule has 0 saturated carbocycles. The summed E-state index contributed by atoms with van der Waals surface area (Å²) in [5, 5.41) is 8.95. The van der Waals surface area contributed by atoms with Gasteiger partial charge < -0.3 is 14.7 Å². The van der Waals surface area contributed by atoms with Gasteiger partial charge in [0.2, 0.25) is 0 Å². The second-order valence-electron chi connectivity index (χ2n) is 5.00. The van der Waals surface area contributed by atoms with E-state index in [-0.39, 0.29) is 12.5 Å². The zero-order valence-corrected chi connectivity index (χ0v) is 11.8. The minimum Gasteiger partial charge on any atom is -0.493 e. The van der Waals surface area contributed by atoms with Gasteiger partial charge in [0.15, 0.2) is 0 Å². The van der Waals surface area contributed by atoms with Crippen LogP contribution in [0.2, 0.25) is 0 Å². The molecule has 0 bridgehead atoms. The third-order valence-corrected chi connectivity index (χ3v) is 3.52. The van der Waals surface area contributed by atoms with Crippen LogP contribution in [-0.2, 0) is 11.2 Å². The molecule has 5 heteroatoms. The highest BCUT2D eigenvalue weighted by Gasteiger charge is 2.22. The topological polar surface area (TPSA) is 66.8 Å². The van der Waals surface area contributed by atoms with E-state index in [1.807, 2.05) is 19.1 Å². The summed E-state index contributed by atoms with van der Waals surface area (Å²) in [7, 11) is 0. The Hall–Kier alpha value is -2.04. The Morgan fingerprint density at radius 2 is 2.20 bits per heavy atom. The van der Waals surface area contributed by atoms with E-state index >= 15 is 0 Å². The summed E-state index contributed by atoms with van der Waals surface area (Å²) in [6.45, 7) is 4.82. The molecule has 1 aromatic carbocycles. The number of rotatable bonds is 5. The zero-order chi connectivity index (χ0) is 14.7. The van der Waals surface area contributed by atoms with E-state index in [0.29, 0.717) is 18.7 Å². The molecule has 0 aliphatic carbocycles. The largest absolute Gasteiger partial charge is 0.493 e. The second-order valence-corrected chi connectivity index (χ2v) is 5.00. The second kappa shape index (κ2) is 5.94.